The molecule has 16 aromatic rings. The summed E-state index contributed by atoms with van der Waals surface area (Å²) in [5.74, 6) is 0. The van der Waals surface area contributed by atoms with Gasteiger partial charge in [0, 0.05) is 70.2 Å². The first-order valence-electron chi connectivity index (χ1n) is 22.9. The second-order valence-corrected chi connectivity index (χ2v) is 18.3. The number of pyridine rings is 2. The molecule has 68 heavy (non-hydrogen) atoms. The van der Waals surface area contributed by atoms with Crippen molar-refractivity contribution in [3.8, 4) is 33.4 Å². The summed E-state index contributed by atoms with van der Waals surface area (Å²) in [6.07, 6.45) is 0. The molecule has 0 fully saturated rings. The number of furan rings is 2. The Labute approximate surface area is 384 Å². The van der Waals surface area contributed by atoms with Gasteiger partial charge in [-0.25, -0.2) is 0 Å². The van der Waals surface area contributed by atoms with E-state index in [0.29, 0.717) is 10.8 Å². The van der Waals surface area contributed by atoms with Gasteiger partial charge in [-0.1, -0.05) is 109 Å². The molecule has 0 unspecified atom stereocenters. The van der Waals surface area contributed by atoms with Gasteiger partial charge in [0.1, 0.15) is 22.3 Å². The van der Waals surface area contributed by atoms with Crippen LogP contribution in [0.15, 0.2) is 213 Å². The maximum absolute atomic E-state index is 14.4. The summed E-state index contributed by atoms with van der Waals surface area (Å²) in [6, 6.07) is 66.8. The molecule has 0 aliphatic heterocycles. The molecule has 6 heterocycles. The fourth-order valence-corrected chi connectivity index (χ4v) is 11.7. The Bertz CT molecular complexity index is 5030. The Morgan fingerprint density at radius 1 is 0.279 bits per heavy atom. The number of para-hydroxylation sites is 3. The van der Waals surface area contributed by atoms with Crippen LogP contribution in [0.4, 0.5) is 0 Å². The highest BCUT2D eigenvalue weighted by atomic mass is 16.3. The second kappa shape index (κ2) is 12.8. The Balaban J connectivity index is 0.893. The monoisotopic (exact) mass is 868 g/mol. The van der Waals surface area contributed by atoms with Crippen LogP contribution in [0.25, 0.3) is 153 Å². The van der Waals surface area contributed by atoms with Crippen molar-refractivity contribution in [3.05, 3.63) is 215 Å². The molecule has 6 heteroatoms. The number of rotatable bonds is 3. The maximum Gasteiger partial charge on any atom is 0.263 e. The fourth-order valence-electron chi connectivity index (χ4n) is 11.7. The highest BCUT2D eigenvalue weighted by Crippen LogP contribution is 2.44. The third kappa shape index (κ3) is 4.60. The minimum Gasteiger partial charge on any atom is -0.456 e. The van der Waals surface area contributed by atoms with Crippen LogP contribution < -0.4 is 11.1 Å². The molecule has 0 bridgehead atoms. The smallest absolute Gasteiger partial charge is 0.263 e. The SMILES string of the molecule is O=c1c2ccccc2c2cc(-c3ccc4oc5ccccc5c4c3)cc3c4cc(-c5ccc6c(c5)oc5c(-c7cc8c9ccccc9c(=O)n9c%10ccccc%10c(c7)c89)cccc56)ccc4n1c23. The number of hydrogen-bond acceptors (Lipinski definition) is 4. The van der Waals surface area contributed by atoms with Crippen molar-refractivity contribution in [1.29, 1.82) is 0 Å². The third-order valence-electron chi connectivity index (χ3n) is 14.8. The van der Waals surface area contributed by atoms with Crippen LogP contribution in [0.3, 0.4) is 0 Å². The predicted octanol–water partition coefficient (Wildman–Crippen LogP) is 15.5. The Hall–Kier alpha value is -9.26. The zero-order valence-electron chi connectivity index (χ0n) is 36.0. The Morgan fingerprint density at radius 3 is 1.51 bits per heavy atom. The van der Waals surface area contributed by atoms with E-state index in [9.17, 15) is 9.59 Å². The van der Waals surface area contributed by atoms with E-state index in [-0.39, 0.29) is 11.1 Å². The summed E-state index contributed by atoms with van der Waals surface area (Å²) in [5, 5.41) is 13.7. The lowest BCUT2D eigenvalue weighted by Crippen LogP contribution is -2.12. The van der Waals surface area contributed by atoms with Crippen LogP contribution in [0.1, 0.15) is 0 Å². The van der Waals surface area contributed by atoms with Gasteiger partial charge in [-0.2, -0.15) is 0 Å². The molecule has 6 aromatic heterocycles. The summed E-state index contributed by atoms with van der Waals surface area (Å²) >= 11 is 0. The molecule has 0 N–H and O–H groups in total. The molecule has 10 aromatic carbocycles. The van der Waals surface area contributed by atoms with Gasteiger partial charge in [0.15, 0.2) is 0 Å². The molecule has 0 spiro atoms. The van der Waals surface area contributed by atoms with Gasteiger partial charge in [0.25, 0.3) is 11.1 Å². The number of aromatic nitrogens is 2. The Kier molecular flexibility index (Phi) is 6.75. The molecular weight excluding hydrogens is 837 g/mol. The minimum atomic E-state index is -0.0220. The van der Waals surface area contributed by atoms with Crippen molar-refractivity contribution in [2.45, 2.75) is 0 Å². The molecule has 0 saturated carbocycles. The van der Waals surface area contributed by atoms with Crippen molar-refractivity contribution < 1.29 is 8.83 Å². The average Bonchev–Trinajstić information content (AvgIpc) is 4.15. The van der Waals surface area contributed by atoms with Crippen LogP contribution in [0, 0.1) is 0 Å². The van der Waals surface area contributed by atoms with Crippen molar-refractivity contribution in [2.24, 2.45) is 0 Å². The van der Waals surface area contributed by atoms with Gasteiger partial charge < -0.3 is 8.83 Å². The van der Waals surface area contributed by atoms with Gasteiger partial charge in [0.05, 0.1) is 22.1 Å². The van der Waals surface area contributed by atoms with Gasteiger partial charge in [-0.15, -0.1) is 0 Å². The standard InChI is InChI=1S/C62H32N2O4/c65-61-46-15-4-2-11-40(46)50-30-37(31-51-41-12-5-7-18-53(41)63(61)58(50)51)38-16-9-17-44-43-23-20-35(32-57(43)68-60(38)44)33-21-24-54-47(26-33)52-29-36(28-49-39-10-1-3-14-45(39)62(66)64(54)59(49)52)34-22-25-56-48(27-34)42-13-6-8-19-55(42)67-56/h1-32H. The van der Waals surface area contributed by atoms with Gasteiger partial charge in [0.2, 0.25) is 0 Å². The largest absolute Gasteiger partial charge is 0.456 e. The van der Waals surface area contributed by atoms with E-state index < -0.39 is 0 Å². The van der Waals surface area contributed by atoms with E-state index in [1.807, 2.05) is 81.6 Å². The Morgan fingerprint density at radius 2 is 0.765 bits per heavy atom. The summed E-state index contributed by atoms with van der Waals surface area (Å²) < 4.78 is 16.9. The summed E-state index contributed by atoms with van der Waals surface area (Å²) in [7, 11) is 0. The lowest BCUT2D eigenvalue weighted by molar-refractivity contribution is 0.669. The van der Waals surface area contributed by atoms with E-state index in [1.54, 1.807) is 0 Å². The zero-order valence-corrected chi connectivity index (χ0v) is 36.0. The number of fused-ring (bicyclic) bond motifs is 16. The van der Waals surface area contributed by atoms with E-state index in [2.05, 4.69) is 121 Å². The topological polar surface area (TPSA) is 69.2 Å². The molecule has 314 valence electrons. The molecule has 0 aliphatic carbocycles. The molecule has 0 atom stereocenters. The van der Waals surface area contributed by atoms with E-state index in [4.69, 9.17) is 8.83 Å². The molecule has 0 amide bonds. The summed E-state index contributed by atoms with van der Waals surface area (Å²) in [4.78, 5) is 28.4. The van der Waals surface area contributed by atoms with Crippen molar-refractivity contribution in [3.63, 3.8) is 0 Å². The minimum absolute atomic E-state index is 0.00285. The quantitative estimate of drug-likeness (QED) is 0.166. The zero-order chi connectivity index (χ0) is 44.5. The molecule has 0 radical (unpaired) electrons. The first-order valence-corrected chi connectivity index (χ1v) is 22.9. The van der Waals surface area contributed by atoms with Crippen LogP contribution in [0.2, 0.25) is 0 Å². The maximum atomic E-state index is 14.4. The van der Waals surface area contributed by atoms with Gasteiger partial charge >= 0.3 is 0 Å². The number of benzene rings is 10. The third-order valence-corrected chi connectivity index (χ3v) is 14.8. The lowest BCUT2D eigenvalue weighted by Gasteiger charge is -2.10. The van der Waals surface area contributed by atoms with E-state index >= 15 is 0 Å². The van der Waals surface area contributed by atoms with Crippen LogP contribution in [-0.2, 0) is 0 Å². The molecular formula is C62H32N2O4. The highest BCUT2D eigenvalue weighted by Gasteiger charge is 2.23. The van der Waals surface area contributed by atoms with Gasteiger partial charge in [-0.3, -0.25) is 18.4 Å². The fraction of sp³-hybridized carbons (Fsp3) is 0. The van der Waals surface area contributed by atoms with Gasteiger partial charge in [-0.05, 0) is 124 Å². The summed E-state index contributed by atoms with van der Waals surface area (Å²) in [6.45, 7) is 0. The van der Waals surface area contributed by atoms with E-state index in [1.165, 1.54) is 0 Å². The number of nitrogens with zero attached hydrogens (tertiary/aromatic N) is 2. The second-order valence-electron chi connectivity index (χ2n) is 18.3. The normalized spacial score (nSPS) is 12.5. The first kappa shape index (κ1) is 36.0. The molecule has 6 nitrogen and oxygen atoms in total. The predicted molar refractivity (Wildman–Crippen MR) is 279 cm³/mol. The molecule has 0 aliphatic rings. The molecule has 0 saturated heterocycles. The number of hydrogen-bond donors (Lipinski definition) is 0. The molecule has 16 rings (SSSR count). The van der Waals surface area contributed by atoms with E-state index in [0.717, 1.165) is 142 Å². The van der Waals surface area contributed by atoms with Crippen LogP contribution in [0.5, 0.6) is 0 Å². The van der Waals surface area contributed by atoms with Crippen molar-refractivity contribution >= 4 is 120 Å². The summed E-state index contributed by atoms with van der Waals surface area (Å²) in [5.41, 5.74) is 13.1. The highest BCUT2D eigenvalue weighted by molar-refractivity contribution is 6.24. The lowest BCUT2D eigenvalue weighted by atomic mass is 9.95. The van der Waals surface area contributed by atoms with Crippen molar-refractivity contribution in [2.75, 3.05) is 0 Å². The van der Waals surface area contributed by atoms with Crippen molar-refractivity contribution in [1.82, 2.24) is 8.80 Å². The first-order chi connectivity index (χ1) is 33.5. The average molecular weight is 869 g/mol. The van der Waals surface area contributed by atoms with Crippen LogP contribution >= 0.6 is 0 Å². The van der Waals surface area contributed by atoms with Crippen LogP contribution in [-0.4, -0.2) is 8.80 Å².